The van der Waals surface area contributed by atoms with E-state index < -0.39 is 0 Å². The van der Waals surface area contributed by atoms with Crippen molar-refractivity contribution >= 4 is 0 Å². The average molecular weight is 310 g/mol. The van der Waals surface area contributed by atoms with Gasteiger partial charge in [-0.25, -0.2) is 0 Å². The van der Waals surface area contributed by atoms with Gasteiger partial charge in [0.1, 0.15) is 0 Å². The van der Waals surface area contributed by atoms with Crippen molar-refractivity contribution in [3.05, 3.63) is 0 Å². The van der Waals surface area contributed by atoms with E-state index in [-0.39, 0.29) is 94.7 Å². The van der Waals surface area contributed by atoms with E-state index in [4.69, 9.17) is 0 Å². The van der Waals surface area contributed by atoms with Gasteiger partial charge in [-0.1, -0.05) is 0 Å². The Morgan fingerprint density at radius 1 is 1.00 bits per heavy atom. The molecule has 0 nitrogen and oxygen atoms in total. The Labute approximate surface area is 93.2 Å². The van der Waals surface area contributed by atoms with Crippen LogP contribution in [0.3, 0.4) is 0 Å². The summed E-state index contributed by atoms with van der Waals surface area (Å²) in [7, 11) is 0. The van der Waals surface area contributed by atoms with E-state index in [2.05, 4.69) is 0 Å². The van der Waals surface area contributed by atoms with Gasteiger partial charge in [0.25, 0.3) is 0 Å². The van der Waals surface area contributed by atoms with Gasteiger partial charge in [0, 0.05) is 94.7 Å². The van der Waals surface area contributed by atoms with Crippen LogP contribution in [0.5, 0.6) is 0 Å². The second-order valence-corrected chi connectivity index (χ2v) is 0. The van der Waals surface area contributed by atoms with E-state index in [1.54, 1.807) is 0 Å². The van der Waals surface area contributed by atoms with Gasteiger partial charge in [-0.2, -0.15) is 0 Å². The van der Waals surface area contributed by atoms with Gasteiger partial charge < -0.3 is 0 Å². The van der Waals surface area contributed by atoms with Gasteiger partial charge in [-0.15, -0.1) is 0 Å². The molecule has 0 rings (SSSR count). The molecule has 0 aliphatic carbocycles. The van der Waals surface area contributed by atoms with Crippen molar-refractivity contribution in [2.45, 2.75) is 0 Å². The first-order valence-electron chi connectivity index (χ1n) is 0. The van der Waals surface area contributed by atoms with Crippen molar-refractivity contribution in [3.8, 4) is 0 Å². The predicted octanol–water partition coefficient (Wildman–Crippen LogP) is -0.0125. The monoisotopic (exact) mass is 310 g/mol. The summed E-state index contributed by atoms with van der Waals surface area (Å²) in [6.07, 6.45) is 0. The van der Waals surface area contributed by atoms with E-state index in [0.717, 1.165) is 0 Å². The maximum Gasteiger partial charge on any atom is 0 e. The molecule has 0 aliphatic heterocycles. The zero-order valence-electron chi connectivity index (χ0n) is 2.01. The molecule has 0 fully saturated rings. The number of hydrogen-bond acceptors (Lipinski definition) is 0. The van der Waals surface area contributed by atoms with Gasteiger partial charge >= 0.3 is 0 Å². The number of hydrogen-bond donors (Lipinski definition) is 0. The van der Waals surface area contributed by atoms with Crippen molar-refractivity contribution in [3.63, 3.8) is 0 Å². The molecule has 0 heterocycles. The summed E-state index contributed by atoms with van der Waals surface area (Å²) in [5, 5.41) is 0. The summed E-state index contributed by atoms with van der Waals surface area (Å²) >= 11 is 0. The van der Waals surface area contributed by atoms with E-state index in [0.29, 0.717) is 0 Å². The molecule has 5 heavy (non-hydrogen) atoms. The SMILES string of the molecule is [Co].[Cr].[Nb].[Ni].[Ti]. The summed E-state index contributed by atoms with van der Waals surface area (Å²) < 4.78 is 0. The van der Waals surface area contributed by atoms with Crippen molar-refractivity contribution in [1.29, 1.82) is 0 Å². The molecule has 0 unspecified atom stereocenters. The van der Waals surface area contributed by atoms with Crippen LogP contribution in [0.2, 0.25) is 0 Å². The minimum Gasteiger partial charge on any atom is 0 e. The Morgan fingerprint density at radius 3 is 1.00 bits per heavy atom. The first-order valence-corrected chi connectivity index (χ1v) is 0. The molecule has 0 amide bonds. The molecule has 0 atom stereocenters. The molecule has 34 valence electrons. The van der Waals surface area contributed by atoms with E-state index in [1.165, 1.54) is 0 Å². The minimum atomic E-state index is 0. The predicted molar refractivity (Wildman–Crippen MR) is 0 cm³/mol. The maximum absolute atomic E-state index is 0. The Kier molecular flexibility index (Phi) is 245. The van der Waals surface area contributed by atoms with E-state index in [1.807, 2.05) is 0 Å². The molecule has 0 aromatic rings. The van der Waals surface area contributed by atoms with Crippen LogP contribution in [-0.2, 0) is 94.7 Å². The molecule has 2 radical (unpaired) electrons. The molecule has 0 saturated heterocycles. The van der Waals surface area contributed by atoms with Crippen molar-refractivity contribution in [1.82, 2.24) is 0 Å². The Balaban J connectivity index is 0. The summed E-state index contributed by atoms with van der Waals surface area (Å²) in [5.41, 5.74) is 0. The van der Waals surface area contributed by atoms with Crippen LogP contribution in [0.15, 0.2) is 0 Å². The normalized spacial score (nSPS) is 0. The van der Waals surface area contributed by atoms with Crippen molar-refractivity contribution < 1.29 is 94.7 Å². The Hall–Kier alpha value is 2.99. The summed E-state index contributed by atoms with van der Waals surface area (Å²) in [6.45, 7) is 0. The van der Waals surface area contributed by atoms with E-state index in [9.17, 15) is 0 Å². The van der Waals surface area contributed by atoms with Crippen LogP contribution in [0.25, 0.3) is 0 Å². The average Bonchev–Trinajstić information content (AvgIpc) is 0. The molecule has 5 heteroatoms. The standard InChI is InChI=1S/Co.Cr.Nb.Ni.Ti. The summed E-state index contributed by atoms with van der Waals surface area (Å²) in [5.74, 6) is 0. The molecule has 0 bridgehead atoms. The van der Waals surface area contributed by atoms with Crippen LogP contribution in [-0.4, -0.2) is 0 Å². The molecule has 0 spiro atoms. The fraction of sp³-hybridized carbons (Fsp3) is 0. The fourth-order valence-corrected chi connectivity index (χ4v) is 0. The van der Waals surface area contributed by atoms with Crippen molar-refractivity contribution in [2.24, 2.45) is 0 Å². The van der Waals surface area contributed by atoms with Crippen LogP contribution < -0.4 is 0 Å². The summed E-state index contributed by atoms with van der Waals surface area (Å²) in [4.78, 5) is 0. The van der Waals surface area contributed by atoms with E-state index >= 15 is 0 Å². The van der Waals surface area contributed by atoms with Crippen LogP contribution in [0, 0.1) is 0 Å². The number of rotatable bonds is 0. The third kappa shape index (κ3) is 19.5. The molecule has 0 saturated carbocycles. The second kappa shape index (κ2) is 28.1. The minimum absolute atomic E-state index is 0. The van der Waals surface area contributed by atoms with Gasteiger partial charge in [-0.05, 0) is 0 Å². The molecule has 0 aromatic carbocycles. The van der Waals surface area contributed by atoms with Gasteiger partial charge in [0.2, 0.25) is 0 Å². The first kappa shape index (κ1) is 43.7. The third-order valence-corrected chi connectivity index (χ3v) is 0. The first-order chi connectivity index (χ1) is 0. The summed E-state index contributed by atoms with van der Waals surface area (Å²) in [6, 6.07) is 0. The maximum atomic E-state index is 0. The fourth-order valence-electron chi connectivity index (χ4n) is 0. The Bertz CT molecular complexity index is 11.6. The van der Waals surface area contributed by atoms with Crippen molar-refractivity contribution in [2.75, 3.05) is 0 Å². The van der Waals surface area contributed by atoms with Gasteiger partial charge in [-0.3, -0.25) is 0 Å². The zero-order valence-corrected chi connectivity index (χ0v) is 9.07. The smallest absolute Gasteiger partial charge is 0 e. The van der Waals surface area contributed by atoms with Crippen LogP contribution >= 0.6 is 0 Å². The second-order valence-electron chi connectivity index (χ2n) is 0. The van der Waals surface area contributed by atoms with Crippen LogP contribution in [0.4, 0.5) is 0 Å². The van der Waals surface area contributed by atoms with Crippen LogP contribution in [0.1, 0.15) is 0 Å². The van der Waals surface area contributed by atoms with Gasteiger partial charge in [0.05, 0.1) is 0 Å². The molecule has 0 aliphatic rings. The Morgan fingerprint density at radius 2 is 1.00 bits per heavy atom. The quantitative estimate of drug-likeness (QED) is 0.552. The molecular formula is CoCrNbNiTi. The third-order valence-electron chi connectivity index (χ3n) is 0. The topological polar surface area (TPSA) is 0 Å². The largest absolute Gasteiger partial charge is 0 e. The molecule has 0 aromatic heterocycles. The van der Waals surface area contributed by atoms with Gasteiger partial charge in [0.15, 0.2) is 0 Å². The zero-order chi connectivity index (χ0) is 0. The molecule has 0 N–H and O–H groups in total. The molecular weight excluding hydrogens is 310 g/mol.